The Hall–Kier alpha value is -2.71. The third-order valence-electron chi connectivity index (χ3n) is 6.04. The first-order valence-electron chi connectivity index (χ1n) is 12.5. The van der Waals surface area contributed by atoms with Crippen molar-refractivity contribution >= 4 is 27.4 Å². The number of ether oxygens (including phenoxy) is 1. The van der Waals surface area contributed by atoms with Crippen LogP contribution in [0.1, 0.15) is 60.3 Å². The van der Waals surface area contributed by atoms with E-state index in [4.69, 9.17) is 16.3 Å². The summed E-state index contributed by atoms with van der Waals surface area (Å²) >= 11 is 6.01. The number of aliphatic hydroxyl groups excluding tert-OH is 1. The van der Waals surface area contributed by atoms with Crippen LogP contribution in [0.3, 0.4) is 0 Å². The molecule has 6 nitrogen and oxygen atoms in total. The molecule has 0 aliphatic carbocycles. The largest absolute Gasteiger partial charge is 0.462 e. The highest BCUT2D eigenvalue weighted by Crippen LogP contribution is 2.27. The molecule has 0 radical (unpaired) electrons. The Morgan fingerprint density at radius 2 is 1.73 bits per heavy atom. The van der Waals surface area contributed by atoms with E-state index in [0.717, 1.165) is 23.1 Å². The lowest BCUT2D eigenvalue weighted by Crippen LogP contribution is -2.32. The van der Waals surface area contributed by atoms with Crippen molar-refractivity contribution in [2.75, 3.05) is 13.2 Å². The summed E-state index contributed by atoms with van der Waals surface area (Å²) in [5, 5.41) is 14.3. The molecule has 0 unspecified atom stereocenters. The quantitative estimate of drug-likeness (QED) is 0.291. The first-order chi connectivity index (χ1) is 17.6. The highest BCUT2D eigenvalue weighted by molar-refractivity contribution is 7.91. The van der Waals surface area contributed by atoms with Gasteiger partial charge in [-0.25, -0.2) is 13.2 Å². The monoisotopic (exact) mass is 543 g/mol. The van der Waals surface area contributed by atoms with Gasteiger partial charge in [0, 0.05) is 17.6 Å². The van der Waals surface area contributed by atoms with E-state index in [9.17, 15) is 18.3 Å². The van der Waals surface area contributed by atoms with E-state index < -0.39 is 21.9 Å². The highest BCUT2D eigenvalue weighted by Gasteiger charge is 2.26. The van der Waals surface area contributed by atoms with Crippen molar-refractivity contribution in [3.63, 3.8) is 0 Å². The van der Waals surface area contributed by atoms with Gasteiger partial charge in [0.2, 0.25) is 9.84 Å². The molecule has 0 aliphatic rings. The van der Waals surface area contributed by atoms with Crippen molar-refractivity contribution < 1.29 is 23.1 Å². The third kappa shape index (κ3) is 7.65. The van der Waals surface area contributed by atoms with E-state index >= 15 is 0 Å². The summed E-state index contributed by atoms with van der Waals surface area (Å²) in [5.41, 5.74) is 2.58. The zero-order valence-electron chi connectivity index (χ0n) is 21.4. The van der Waals surface area contributed by atoms with Crippen LogP contribution in [0.4, 0.5) is 0 Å². The standard InChI is InChI=1S/C29H34ClNO5S/c1-4-7-21-12-15-26(29(33)36-5-2)28(17-21)37(34,35)25-13-10-22(11-14-25)16-20(3)31-19-27(32)23-8-6-9-24(30)18-23/h6,8-15,17-18,20,27,31-32H,4-5,7,16,19H2,1-3H3/t20-,27-/m1/s1. The maximum absolute atomic E-state index is 13.5. The molecule has 0 fully saturated rings. The molecule has 0 spiro atoms. The maximum Gasteiger partial charge on any atom is 0.339 e. The van der Waals surface area contributed by atoms with E-state index in [-0.39, 0.29) is 28.0 Å². The molecule has 8 heteroatoms. The van der Waals surface area contributed by atoms with E-state index in [0.29, 0.717) is 24.4 Å². The summed E-state index contributed by atoms with van der Waals surface area (Å²) in [6, 6.07) is 18.7. The molecule has 0 bridgehead atoms. The number of aryl methyl sites for hydroxylation is 1. The third-order valence-corrected chi connectivity index (χ3v) is 8.08. The maximum atomic E-state index is 13.5. The highest BCUT2D eigenvalue weighted by atomic mass is 35.5. The van der Waals surface area contributed by atoms with Crippen LogP contribution in [0.25, 0.3) is 0 Å². The number of benzene rings is 3. The summed E-state index contributed by atoms with van der Waals surface area (Å²) in [7, 11) is -3.93. The minimum absolute atomic E-state index is 0.0327. The van der Waals surface area contributed by atoms with Gasteiger partial charge in [0.25, 0.3) is 0 Å². The summed E-state index contributed by atoms with van der Waals surface area (Å²) in [5.74, 6) is -0.652. The predicted octanol–water partition coefficient (Wildman–Crippen LogP) is 5.56. The molecule has 0 heterocycles. The van der Waals surface area contributed by atoms with Crippen molar-refractivity contribution in [1.29, 1.82) is 0 Å². The van der Waals surface area contributed by atoms with Crippen molar-refractivity contribution in [3.05, 3.63) is 94.0 Å². The van der Waals surface area contributed by atoms with Gasteiger partial charge >= 0.3 is 5.97 Å². The fourth-order valence-corrected chi connectivity index (χ4v) is 5.81. The smallest absolute Gasteiger partial charge is 0.339 e. The average Bonchev–Trinajstić information content (AvgIpc) is 2.88. The molecule has 37 heavy (non-hydrogen) atoms. The number of nitrogens with one attached hydrogen (secondary N) is 1. The molecule has 3 aromatic rings. The molecular formula is C29H34ClNO5S. The van der Waals surface area contributed by atoms with E-state index in [1.165, 1.54) is 6.07 Å². The molecule has 3 rings (SSSR count). The molecule has 0 amide bonds. The number of sulfone groups is 1. The fraction of sp³-hybridized carbons (Fsp3) is 0.345. The van der Waals surface area contributed by atoms with Crippen LogP contribution in [0.5, 0.6) is 0 Å². The Balaban J connectivity index is 1.73. The van der Waals surface area contributed by atoms with Crippen molar-refractivity contribution in [2.24, 2.45) is 0 Å². The van der Waals surface area contributed by atoms with Gasteiger partial charge < -0.3 is 15.2 Å². The van der Waals surface area contributed by atoms with E-state index in [1.807, 2.05) is 19.9 Å². The Labute approximate surface area is 224 Å². The van der Waals surface area contributed by atoms with Crippen LogP contribution in [0.15, 0.2) is 76.5 Å². The summed E-state index contributed by atoms with van der Waals surface area (Å²) in [6.45, 7) is 6.22. The summed E-state index contributed by atoms with van der Waals surface area (Å²) in [4.78, 5) is 12.6. The molecule has 0 saturated heterocycles. The van der Waals surface area contributed by atoms with Gasteiger partial charge in [-0.3, -0.25) is 0 Å². The van der Waals surface area contributed by atoms with Crippen LogP contribution in [-0.4, -0.2) is 38.7 Å². The Kier molecular flexibility index (Phi) is 10.3. The van der Waals surface area contributed by atoms with Crippen molar-refractivity contribution in [1.82, 2.24) is 5.32 Å². The zero-order valence-corrected chi connectivity index (χ0v) is 23.0. The van der Waals surface area contributed by atoms with Crippen LogP contribution >= 0.6 is 11.6 Å². The number of aliphatic hydroxyl groups is 1. The second-order valence-corrected chi connectivity index (χ2v) is 11.4. The predicted molar refractivity (Wildman–Crippen MR) is 146 cm³/mol. The summed E-state index contributed by atoms with van der Waals surface area (Å²) < 4.78 is 32.2. The van der Waals surface area contributed by atoms with Crippen LogP contribution in [0.2, 0.25) is 5.02 Å². The fourth-order valence-electron chi connectivity index (χ4n) is 4.11. The number of halogens is 1. The Morgan fingerprint density at radius 3 is 2.38 bits per heavy atom. The minimum atomic E-state index is -3.93. The van der Waals surface area contributed by atoms with E-state index in [2.05, 4.69) is 5.32 Å². The van der Waals surface area contributed by atoms with Crippen LogP contribution in [-0.2, 0) is 27.4 Å². The molecule has 0 aromatic heterocycles. The second kappa shape index (κ2) is 13.2. The molecule has 0 saturated carbocycles. The summed E-state index contributed by atoms with van der Waals surface area (Å²) in [6.07, 6.45) is 1.52. The normalized spacial score (nSPS) is 13.2. The SMILES string of the molecule is CCCc1ccc(C(=O)OCC)c(S(=O)(=O)c2ccc(C[C@@H](C)NC[C@@H](O)c3cccc(Cl)c3)cc2)c1. The molecule has 0 aliphatic heterocycles. The van der Waals surface area contributed by atoms with Gasteiger partial charge in [-0.2, -0.15) is 0 Å². The lowest BCUT2D eigenvalue weighted by atomic mass is 10.1. The molecule has 2 atom stereocenters. The van der Waals surface area contributed by atoms with Gasteiger partial charge in [-0.15, -0.1) is 0 Å². The molecule has 3 aromatic carbocycles. The number of carbonyl (C=O) groups excluding carboxylic acids is 1. The van der Waals surface area contributed by atoms with Crippen LogP contribution in [0, 0.1) is 0 Å². The lowest BCUT2D eigenvalue weighted by molar-refractivity contribution is 0.0522. The first kappa shape index (κ1) is 28.9. The number of carbonyl (C=O) groups is 1. The van der Waals surface area contributed by atoms with Crippen molar-refractivity contribution in [3.8, 4) is 0 Å². The first-order valence-corrected chi connectivity index (χ1v) is 14.3. The Bertz CT molecular complexity index is 1310. The van der Waals surface area contributed by atoms with Gasteiger partial charge in [0.15, 0.2) is 0 Å². The average molecular weight is 544 g/mol. The van der Waals surface area contributed by atoms with Crippen LogP contribution < -0.4 is 5.32 Å². The van der Waals surface area contributed by atoms with Gasteiger partial charge in [-0.05, 0) is 79.8 Å². The van der Waals surface area contributed by atoms with Gasteiger partial charge in [0.05, 0.1) is 28.1 Å². The van der Waals surface area contributed by atoms with E-state index in [1.54, 1.807) is 61.5 Å². The number of esters is 1. The number of hydrogen-bond acceptors (Lipinski definition) is 6. The minimum Gasteiger partial charge on any atom is -0.462 e. The topological polar surface area (TPSA) is 92.7 Å². The molecular weight excluding hydrogens is 510 g/mol. The Morgan fingerprint density at radius 1 is 1.03 bits per heavy atom. The zero-order chi connectivity index (χ0) is 27.0. The number of rotatable bonds is 12. The van der Waals surface area contributed by atoms with Gasteiger partial charge in [-0.1, -0.05) is 55.3 Å². The second-order valence-electron chi connectivity index (χ2n) is 9.03. The number of hydrogen-bond donors (Lipinski definition) is 2. The molecule has 2 N–H and O–H groups in total. The molecule has 198 valence electrons. The lowest BCUT2D eigenvalue weighted by Gasteiger charge is -2.18. The van der Waals surface area contributed by atoms with Gasteiger partial charge in [0.1, 0.15) is 0 Å². The van der Waals surface area contributed by atoms with Crippen molar-refractivity contribution in [2.45, 2.75) is 62.0 Å².